The average molecular weight is 245 g/mol. The fraction of sp³-hybridized carbons (Fsp3) is 0.357. The van der Waals surface area contributed by atoms with Gasteiger partial charge in [-0.25, -0.2) is 0 Å². The van der Waals surface area contributed by atoms with E-state index in [2.05, 4.69) is 11.2 Å². The minimum Gasteiger partial charge on any atom is -0.359 e. The first kappa shape index (κ1) is 12.8. The molecule has 0 amide bonds. The lowest BCUT2D eigenvalue weighted by atomic mass is 10.0. The van der Waals surface area contributed by atoms with Gasteiger partial charge in [0.05, 0.1) is 6.54 Å². The Morgan fingerprint density at radius 2 is 2.11 bits per heavy atom. The highest BCUT2D eigenvalue weighted by atomic mass is 16.5. The summed E-state index contributed by atoms with van der Waals surface area (Å²) in [7, 11) is 4.00. The minimum atomic E-state index is 0.0260. The zero-order chi connectivity index (χ0) is 13.1. The highest BCUT2D eigenvalue weighted by Crippen LogP contribution is 2.22. The van der Waals surface area contributed by atoms with Crippen molar-refractivity contribution in [1.82, 2.24) is 10.1 Å². The Balaban J connectivity index is 2.25. The first-order valence-corrected chi connectivity index (χ1v) is 6.02. The third kappa shape index (κ3) is 2.97. The summed E-state index contributed by atoms with van der Waals surface area (Å²) >= 11 is 0. The van der Waals surface area contributed by atoms with Crippen LogP contribution >= 0.6 is 0 Å². The van der Waals surface area contributed by atoms with Gasteiger partial charge in [0, 0.05) is 17.7 Å². The Morgan fingerprint density at radius 1 is 1.33 bits per heavy atom. The molecule has 2 rings (SSSR count). The number of nitrogens with zero attached hydrogens (tertiary/aromatic N) is 2. The van der Waals surface area contributed by atoms with E-state index in [1.54, 1.807) is 0 Å². The van der Waals surface area contributed by atoms with E-state index in [1.165, 1.54) is 0 Å². The quantitative estimate of drug-likeness (QED) is 0.898. The average Bonchev–Trinajstić information content (AvgIpc) is 2.77. The second-order valence-electron chi connectivity index (χ2n) is 4.83. The van der Waals surface area contributed by atoms with Gasteiger partial charge in [-0.15, -0.1) is 0 Å². The Labute approximate surface area is 107 Å². The number of hydrogen-bond donors (Lipinski definition) is 1. The number of aromatic nitrogens is 1. The summed E-state index contributed by atoms with van der Waals surface area (Å²) in [4.78, 5) is 2.04. The lowest BCUT2D eigenvalue weighted by molar-refractivity contribution is 0.310. The molecule has 0 aliphatic carbocycles. The molecule has 1 unspecified atom stereocenters. The minimum absolute atomic E-state index is 0.0260. The summed E-state index contributed by atoms with van der Waals surface area (Å²) in [5.74, 6) is 0.862. The Morgan fingerprint density at radius 3 is 2.78 bits per heavy atom. The first-order chi connectivity index (χ1) is 8.56. The van der Waals surface area contributed by atoms with Crippen molar-refractivity contribution in [3.63, 3.8) is 0 Å². The highest BCUT2D eigenvalue weighted by molar-refractivity contribution is 5.60. The molecule has 1 atom stereocenters. The molecule has 0 aliphatic heterocycles. The van der Waals surface area contributed by atoms with Crippen LogP contribution in [0.1, 0.15) is 24.3 Å². The molecule has 0 spiro atoms. The van der Waals surface area contributed by atoms with Gasteiger partial charge in [-0.05, 0) is 32.6 Å². The SMILES string of the molecule is CC(N)c1cccc(-c2cc(CN(C)C)on2)c1. The van der Waals surface area contributed by atoms with Crippen LogP contribution in [0.3, 0.4) is 0 Å². The molecule has 0 fully saturated rings. The summed E-state index contributed by atoms with van der Waals surface area (Å²) < 4.78 is 5.31. The maximum absolute atomic E-state index is 5.88. The molecule has 2 aromatic rings. The van der Waals surface area contributed by atoms with Crippen LogP contribution in [0, 0.1) is 0 Å². The van der Waals surface area contributed by atoms with Crippen molar-refractivity contribution in [2.75, 3.05) is 14.1 Å². The third-order valence-corrected chi connectivity index (χ3v) is 2.74. The maximum Gasteiger partial charge on any atom is 0.151 e. The number of hydrogen-bond acceptors (Lipinski definition) is 4. The molecule has 0 saturated carbocycles. The van der Waals surface area contributed by atoms with Crippen LogP contribution in [0.25, 0.3) is 11.3 Å². The molecule has 0 saturated heterocycles. The van der Waals surface area contributed by atoms with Crippen LogP contribution in [-0.2, 0) is 6.54 Å². The highest BCUT2D eigenvalue weighted by Gasteiger charge is 2.08. The van der Waals surface area contributed by atoms with Gasteiger partial charge < -0.3 is 15.2 Å². The molecule has 18 heavy (non-hydrogen) atoms. The van der Waals surface area contributed by atoms with Gasteiger partial charge in [0.15, 0.2) is 5.76 Å². The molecule has 0 bridgehead atoms. The van der Waals surface area contributed by atoms with Crippen molar-refractivity contribution in [3.8, 4) is 11.3 Å². The molecule has 4 nitrogen and oxygen atoms in total. The molecule has 0 aliphatic rings. The topological polar surface area (TPSA) is 55.3 Å². The van der Waals surface area contributed by atoms with Gasteiger partial charge in [0.25, 0.3) is 0 Å². The van der Waals surface area contributed by atoms with Crippen LogP contribution < -0.4 is 5.73 Å². The van der Waals surface area contributed by atoms with Crippen molar-refractivity contribution < 1.29 is 4.52 Å². The summed E-state index contributed by atoms with van der Waals surface area (Å²) in [5, 5.41) is 4.10. The lowest BCUT2D eigenvalue weighted by Gasteiger charge is -2.06. The normalized spacial score (nSPS) is 12.9. The van der Waals surface area contributed by atoms with Crippen molar-refractivity contribution in [1.29, 1.82) is 0 Å². The maximum atomic E-state index is 5.88. The van der Waals surface area contributed by atoms with E-state index in [-0.39, 0.29) is 6.04 Å². The zero-order valence-electron chi connectivity index (χ0n) is 11.1. The molecule has 0 radical (unpaired) electrons. The summed E-state index contributed by atoms with van der Waals surface area (Å²) in [6.45, 7) is 2.72. The molecule has 96 valence electrons. The van der Waals surface area contributed by atoms with Crippen LogP contribution in [0.4, 0.5) is 0 Å². The van der Waals surface area contributed by atoms with Gasteiger partial charge >= 0.3 is 0 Å². The molecular formula is C14H19N3O. The largest absolute Gasteiger partial charge is 0.359 e. The lowest BCUT2D eigenvalue weighted by Crippen LogP contribution is -2.09. The molecule has 4 heteroatoms. The van der Waals surface area contributed by atoms with Crippen molar-refractivity contribution in [2.45, 2.75) is 19.5 Å². The molecule has 1 aromatic heterocycles. The van der Waals surface area contributed by atoms with E-state index >= 15 is 0 Å². The monoisotopic (exact) mass is 245 g/mol. The second-order valence-corrected chi connectivity index (χ2v) is 4.83. The second kappa shape index (κ2) is 5.33. The van der Waals surface area contributed by atoms with Crippen molar-refractivity contribution in [2.24, 2.45) is 5.73 Å². The predicted octanol–water partition coefficient (Wildman–Crippen LogP) is 2.42. The predicted molar refractivity (Wildman–Crippen MR) is 71.9 cm³/mol. The van der Waals surface area contributed by atoms with Crippen molar-refractivity contribution in [3.05, 3.63) is 41.7 Å². The van der Waals surface area contributed by atoms with Gasteiger partial charge in [-0.3, -0.25) is 0 Å². The number of nitrogens with two attached hydrogens (primary N) is 1. The van der Waals surface area contributed by atoms with Crippen LogP contribution in [0.2, 0.25) is 0 Å². The molecule has 1 heterocycles. The van der Waals surface area contributed by atoms with Gasteiger partial charge in [0.1, 0.15) is 5.69 Å². The number of benzene rings is 1. The summed E-state index contributed by atoms with van der Waals surface area (Å²) in [6.07, 6.45) is 0. The van der Waals surface area contributed by atoms with Crippen LogP contribution in [0.5, 0.6) is 0 Å². The standard InChI is InChI=1S/C14H19N3O/c1-10(15)11-5-4-6-12(7-11)14-8-13(18-16-14)9-17(2)3/h4-8,10H,9,15H2,1-3H3. The van der Waals surface area contributed by atoms with Crippen molar-refractivity contribution >= 4 is 0 Å². The van der Waals surface area contributed by atoms with E-state index < -0.39 is 0 Å². The Hall–Kier alpha value is -1.65. The van der Waals surface area contributed by atoms with Gasteiger partial charge in [-0.2, -0.15) is 0 Å². The van der Waals surface area contributed by atoms with E-state index in [1.807, 2.05) is 50.2 Å². The first-order valence-electron chi connectivity index (χ1n) is 6.02. The number of rotatable bonds is 4. The van der Waals surface area contributed by atoms with Crippen LogP contribution in [0.15, 0.2) is 34.9 Å². The van der Waals surface area contributed by atoms with Gasteiger partial charge in [-0.1, -0.05) is 23.4 Å². The Kier molecular flexibility index (Phi) is 3.79. The molecule has 2 N–H and O–H groups in total. The third-order valence-electron chi connectivity index (χ3n) is 2.74. The van der Waals surface area contributed by atoms with E-state index in [9.17, 15) is 0 Å². The van der Waals surface area contributed by atoms with E-state index in [4.69, 9.17) is 10.3 Å². The van der Waals surface area contributed by atoms with Gasteiger partial charge in [0.2, 0.25) is 0 Å². The molecular weight excluding hydrogens is 226 g/mol. The Bertz CT molecular complexity index is 517. The smallest absolute Gasteiger partial charge is 0.151 e. The molecule has 1 aromatic carbocycles. The van der Waals surface area contributed by atoms with E-state index in [0.717, 1.165) is 29.1 Å². The summed E-state index contributed by atoms with van der Waals surface area (Å²) in [6, 6.07) is 10.1. The zero-order valence-corrected chi connectivity index (χ0v) is 11.1. The van der Waals surface area contributed by atoms with E-state index in [0.29, 0.717) is 0 Å². The summed E-state index contributed by atoms with van der Waals surface area (Å²) in [5.41, 5.74) is 8.88. The van der Waals surface area contributed by atoms with Crippen LogP contribution in [-0.4, -0.2) is 24.2 Å². The fourth-order valence-electron chi connectivity index (χ4n) is 1.82. The fourth-order valence-corrected chi connectivity index (χ4v) is 1.82.